The minimum atomic E-state index is -0.170. The lowest BCUT2D eigenvalue weighted by molar-refractivity contribution is 0.186. The fraction of sp³-hybridized carbons (Fsp3) is 0.429. The lowest BCUT2D eigenvalue weighted by Gasteiger charge is -2.32. The number of benzene rings is 1. The van der Waals surface area contributed by atoms with Crippen molar-refractivity contribution in [2.45, 2.75) is 13.0 Å². The molecular formula is C14H18FN3. The Balaban J connectivity index is 1.95. The highest BCUT2D eigenvalue weighted by Crippen LogP contribution is 2.28. The first-order chi connectivity index (χ1) is 8.75. The van der Waals surface area contributed by atoms with Gasteiger partial charge in [-0.25, -0.2) is 4.39 Å². The third kappa shape index (κ3) is 2.02. The molecule has 4 heteroatoms. The predicted octanol–water partition coefficient (Wildman–Crippen LogP) is 2.27. The van der Waals surface area contributed by atoms with Crippen LogP contribution in [0.25, 0.3) is 10.9 Å². The summed E-state index contributed by atoms with van der Waals surface area (Å²) in [6, 6.07) is 5.25. The van der Waals surface area contributed by atoms with Crippen LogP contribution in [0, 0.1) is 5.82 Å². The summed E-state index contributed by atoms with van der Waals surface area (Å²) in [4.78, 5) is 5.66. The van der Waals surface area contributed by atoms with E-state index in [1.54, 1.807) is 12.1 Å². The summed E-state index contributed by atoms with van der Waals surface area (Å²) < 4.78 is 13.4. The van der Waals surface area contributed by atoms with Crippen LogP contribution in [0.1, 0.15) is 18.5 Å². The first-order valence-corrected chi connectivity index (χ1v) is 6.47. The van der Waals surface area contributed by atoms with Gasteiger partial charge in [-0.1, -0.05) is 0 Å². The molecule has 3 nitrogen and oxygen atoms in total. The molecule has 0 spiro atoms. The number of piperazine rings is 1. The molecule has 1 aliphatic heterocycles. The molecule has 1 saturated heterocycles. The zero-order valence-electron chi connectivity index (χ0n) is 10.5. The molecule has 18 heavy (non-hydrogen) atoms. The van der Waals surface area contributed by atoms with Gasteiger partial charge in [0.05, 0.1) is 0 Å². The number of aromatic amines is 1. The van der Waals surface area contributed by atoms with E-state index in [9.17, 15) is 4.39 Å². The fourth-order valence-corrected chi connectivity index (χ4v) is 2.73. The second-order valence-electron chi connectivity index (χ2n) is 4.90. The van der Waals surface area contributed by atoms with Crippen LogP contribution in [0.4, 0.5) is 4.39 Å². The molecule has 3 rings (SSSR count). The van der Waals surface area contributed by atoms with Gasteiger partial charge in [0, 0.05) is 49.3 Å². The monoisotopic (exact) mass is 247 g/mol. The molecule has 1 aromatic carbocycles. The van der Waals surface area contributed by atoms with Crippen molar-refractivity contribution in [3.63, 3.8) is 0 Å². The zero-order chi connectivity index (χ0) is 12.5. The van der Waals surface area contributed by atoms with Crippen molar-refractivity contribution in [1.82, 2.24) is 15.2 Å². The molecule has 1 unspecified atom stereocenters. The number of hydrogen-bond donors (Lipinski definition) is 2. The van der Waals surface area contributed by atoms with Crippen molar-refractivity contribution in [2.24, 2.45) is 0 Å². The summed E-state index contributed by atoms with van der Waals surface area (Å²) in [5, 5.41) is 4.35. The van der Waals surface area contributed by atoms with Crippen LogP contribution in [0.3, 0.4) is 0 Å². The average Bonchev–Trinajstić information content (AvgIpc) is 2.82. The van der Waals surface area contributed by atoms with Crippen LogP contribution in [0.15, 0.2) is 24.4 Å². The molecule has 0 radical (unpaired) electrons. The van der Waals surface area contributed by atoms with Crippen molar-refractivity contribution in [1.29, 1.82) is 0 Å². The highest BCUT2D eigenvalue weighted by atomic mass is 19.1. The Bertz CT molecular complexity index is 543. The van der Waals surface area contributed by atoms with Gasteiger partial charge in [-0.15, -0.1) is 0 Å². The largest absolute Gasteiger partial charge is 0.361 e. The summed E-state index contributed by atoms with van der Waals surface area (Å²) in [5.74, 6) is -0.170. The summed E-state index contributed by atoms with van der Waals surface area (Å²) in [7, 11) is 0. The molecule has 0 bridgehead atoms. The normalized spacial score (nSPS) is 19.2. The smallest absolute Gasteiger partial charge is 0.123 e. The maximum atomic E-state index is 13.4. The predicted molar refractivity (Wildman–Crippen MR) is 71.1 cm³/mol. The van der Waals surface area contributed by atoms with E-state index < -0.39 is 0 Å². The molecule has 2 aromatic rings. The number of nitrogens with one attached hydrogen (secondary N) is 2. The molecule has 2 N–H and O–H groups in total. The van der Waals surface area contributed by atoms with Crippen molar-refractivity contribution in [3.05, 3.63) is 35.8 Å². The van der Waals surface area contributed by atoms with Crippen LogP contribution >= 0.6 is 0 Å². The first-order valence-electron chi connectivity index (χ1n) is 6.47. The Kier molecular flexibility index (Phi) is 3.06. The fourth-order valence-electron chi connectivity index (χ4n) is 2.73. The number of fused-ring (bicyclic) bond motifs is 1. The first kappa shape index (κ1) is 11.7. The van der Waals surface area contributed by atoms with E-state index in [2.05, 4.69) is 22.1 Å². The number of rotatable bonds is 2. The quantitative estimate of drug-likeness (QED) is 0.853. The van der Waals surface area contributed by atoms with E-state index >= 15 is 0 Å². The van der Waals surface area contributed by atoms with Crippen molar-refractivity contribution in [2.75, 3.05) is 26.2 Å². The van der Waals surface area contributed by atoms with Crippen molar-refractivity contribution >= 4 is 10.9 Å². The molecule has 1 aromatic heterocycles. The van der Waals surface area contributed by atoms with Crippen molar-refractivity contribution in [3.8, 4) is 0 Å². The SMILES string of the molecule is CC(c1c[nH]c2ccc(F)cc12)N1CCNCC1. The standard InChI is InChI=1S/C14H18FN3/c1-10(18-6-4-16-5-7-18)13-9-17-14-3-2-11(15)8-12(13)14/h2-3,8-10,16-17H,4-7H2,1H3. The van der Waals surface area contributed by atoms with E-state index in [-0.39, 0.29) is 5.82 Å². The van der Waals surface area contributed by atoms with Gasteiger partial charge in [-0.05, 0) is 30.7 Å². The topological polar surface area (TPSA) is 31.1 Å². The number of nitrogens with zero attached hydrogens (tertiary/aromatic N) is 1. The van der Waals surface area contributed by atoms with Crippen LogP contribution in [-0.2, 0) is 0 Å². The molecule has 0 saturated carbocycles. The maximum Gasteiger partial charge on any atom is 0.123 e. The number of H-pyrrole nitrogens is 1. The Labute approximate surface area is 106 Å². The Morgan fingerprint density at radius 2 is 2.06 bits per heavy atom. The number of hydrogen-bond acceptors (Lipinski definition) is 2. The second-order valence-corrected chi connectivity index (χ2v) is 4.90. The van der Waals surface area contributed by atoms with Gasteiger partial charge in [0.2, 0.25) is 0 Å². The molecule has 0 amide bonds. The second kappa shape index (κ2) is 4.71. The molecule has 1 atom stereocenters. The van der Waals surface area contributed by atoms with E-state index in [0.29, 0.717) is 6.04 Å². The van der Waals surface area contributed by atoms with Gasteiger partial charge >= 0.3 is 0 Å². The summed E-state index contributed by atoms with van der Waals surface area (Å²) >= 11 is 0. The maximum absolute atomic E-state index is 13.4. The van der Waals surface area contributed by atoms with Gasteiger partial charge < -0.3 is 10.3 Å². The Morgan fingerprint density at radius 3 is 2.83 bits per heavy atom. The van der Waals surface area contributed by atoms with E-state index in [4.69, 9.17) is 0 Å². The van der Waals surface area contributed by atoms with Crippen LogP contribution < -0.4 is 5.32 Å². The van der Waals surface area contributed by atoms with Gasteiger partial charge in [0.1, 0.15) is 5.82 Å². The van der Waals surface area contributed by atoms with E-state index in [0.717, 1.165) is 37.1 Å². The molecule has 96 valence electrons. The molecule has 0 aliphatic carbocycles. The highest BCUT2D eigenvalue weighted by molar-refractivity contribution is 5.83. The summed E-state index contributed by atoms with van der Waals surface area (Å²) in [6.45, 7) is 6.34. The third-order valence-corrected chi connectivity index (χ3v) is 3.83. The molecule has 1 fully saturated rings. The van der Waals surface area contributed by atoms with Gasteiger partial charge in [-0.2, -0.15) is 0 Å². The van der Waals surface area contributed by atoms with Gasteiger partial charge in [-0.3, -0.25) is 4.90 Å². The Morgan fingerprint density at radius 1 is 1.28 bits per heavy atom. The van der Waals surface area contributed by atoms with Gasteiger partial charge in [0.25, 0.3) is 0 Å². The molecule has 1 aliphatic rings. The minimum absolute atomic E-state index is 0.170. The van der Waals surface area contributed by atoms with Crippen molar-refractivity contribution < 1.29 is 4.39 Å². The lowest BCUT2D eigenvalue weighted by atomic mass is 10.1. The third-order valence-electron chi connectivity index (χ3n) is 3.83. The van der Waals surface area contributed by atoms with Crippen LogP contribution in [0.5, 0.6) is 0 Å². The van der Waals surface area contributed by atoms with Gasteiger partial charge in [0.15, 0.2) is 0 Å². The number of aromatic nitrogens is 1. The van der Waals surface area contributed by atoms with Crippen LogP contribution in [0.2, 0.25) is 0 Å². The molecular weight excluding hydrogens is 229 g/mol. The summed E-state index contributed by atoms with van der Waals surface area (Å²) in [6.07, 6.45) is 2.01. The molecule has 2 heterocycles. The Hall–Kier alpha value is -1.39. The number of halogens is 1. The highest BCUT2D eigenvalue weighted by Gasteiger charge is 2.20. The van der Waals surface area contributed by atoms with Crippen LogP contribution in [-0.4, -0.2) is 36.1 Å². The minimum Gasteiger partial charge on any atom is -0.361 e. The van der Waals surface area contributed by atoms with E-state index in [1.807, 2.05) is 6.20 Å². The zero-order valence-corrected chi connectivity index (χ0v) is 10.5. The average molecular weight is 247 g/mol. The lowest BCUT2D eigenvalue weighted by Crippen LogP contribution is -2.44. The summed E-state index contributed by atoms with van der Waals surface area (Å²) in [5.41, 5.74) is 2.19. The van der Waals surface area contributed by atoms with E-state index in [1.165, 1.54) is 11.6 Å².